The third-order valence-electron chi connectivity index (χ3n) is 7.61. The van der Waals surface area contributed by atoms with Crippen LogP contribution in [0.15, 0.2) is 72.8 Å². The summed E-state index contributed by atoms with van der Waals surface area (Å²) in [6.07, 6.45) is 1.47. The summed E-state index contributed by atoms with van der Waals surface area (Å²) in [5.74, 6) is -0.351. The second-order valence-corrected chi connectivity index (χ2v) is 12.3. The molecule has 1 unspecified atom stereocenters. The second-order valence-electron chi connectivity index (χ2n) is 11.0. The van der Waals surface area contributed by atoms with Gasteiger partial charge in [-0.1, -0.05) is 76.2 Å². The van der Waals surface area contributed by atoms with Crippen molar-refractivity contribution in [1.29, 1.82) is 0 Å². The van der Waals surface area contributed by atoms with Gasteiger partial charge in [0.25, 0.3) is 0 Å². The molecule has 40 heavy (non-hydrogen) atoms. The Morgan fingerprint density at radius 2 is 1.48 bits per heavy atom. The van der Waals surface area contributed by atoms with Crippen LogP contribution in [0.25, 0.3) is 0 Å². The number of nitrogens with one attached hydrogen (secondary N) is 1. The van der Waals surface area contributed by atoms with Gasteiger partial charge in [0.2, 0.25) is 5.91 Å². The van der Waals surface area contributed by atoms with Gasteiger partial charge in [0.1, 0.15) is 5.75 Å². The molecular formula is C32H40N2O5S. The molecule has 0 aromatic heterocycles. The van der Waals surface area contributed by atoms with E-state index in [1.165, 1.54) is 0 Å². The lowest BCUT2D eigenvalue weighted by molar-refractivity contribution is -0.122. The van der Waals surface area contributed by atoms with E-state index in [4.69, 9.17) is 8.92 Å². The normalized spacial score (nSPS) is 15.2. The van der Waals surface area contributed by atoms with E-state index in [9.17, 15) is 13.2 Å². The predicted octanol–water partition coefficient (Wildman–Crippen LogP) is 6.38. The second kappa shape index (κ2) is 12.8. The molecule has 7 nitrogen and oxygen atoms in total. The number of anilines is 1. The van der Waals surface area contributed by atoms with Crippen molar-refractivity contribution in [1.82, 2.24) is 4.72 Å². The molecule has 1 aliphatic rings. The summed E-state index contributed by atoms with van der Waals surface area (Å²) in [7, 11) is -2.88. The van der Waals surface area contributed by atoms with Crippen LogP contribution in [0.1, 0.15) is 75.0 Å². The molecule has 8 heteroatoms. The maximum Gasteiger partial charge on any atom is 0.409 e. The van der Waals surface area contributed by atoms with Crippen LogP contribution in [0.2, 0.25) is 0 Å². The largest absolute Gasteiger partial charge is 0.497 e. The number of methoxy groups -OCH3 is 1. The van der Waals surface area contributed by atoms with Crippen LogP contribution >= 0.6 is 0 Å². The van der Waals surface area contributed by atoms with Crippen molar-refractivity contribution in [2.75, 3.05) is 25.1 Å². The molecule has 1 fully saturated rings. The summed E-state index contributed by atoms with van der Waals surface area (Å²) >= 11 is 0. The molecule has 1 N–H and O–H groups in total. The van der Waals surface area contributed by atoms with E-state index in [0.29, 0.717) is 11.5 Å². The smallest absolute Gasteiger partial charge is 0.409 e. The Morgan fingerprint density at radius 3 is 2.05 bits per heavy atom. The van der Waals surface area contributed by atoms with Gasteiger partial charge < -0.3 is 13.8 Å². The van der Waals surface area contributed by atoms with Crippen molar-refractivity contribution >= 4 is 21.9 Å². The van der Waals surface area contributed by atoms with Crippen molar-refractivity contribution < 1.29 is 22.1 Å². The molecule has 0 spiro atoms. The lowest BCUT2D eigenvalue weighted by atomic mass is 9.79. The fraction of sp³-hybridized carbons (Fsp3) is 0.406. The van der Waals surface area contributed by atoms with Crippen molar-refractivity contribution in [3.63, 3.8) is 0 Å². The van der Waals surface area contributed by atoms with E-state index < -0.39 is 22.1 Å². The number of benzene rings is 3. The topological polar surface area (TPSA) is 84.9 Å². The van der Waals surface area contributed by atoms with E-state index in [2.05, 4.69) is 21.8 Å². The first kappa shape index (κ1) is 29.5. The maximum absolute atomic E-state index is 13.8. The molecule has 1 aliphatic heterocycles. The Hall–Kier alpha value is -3.52. The zero-order chi connectivity index (χ0) is 28.9. The molecule has 0 aliphatic carbocycles. The number of piperidine rings is 1. The summed E-state index contributed by atoms with van der Waals surface area (Å²) in [6, 6.07) is 23.1. The standard InChI is InChI=1S/C32H40N2O5S/c1-22(2)28-15-10-16-29(23(3)4)31(28)39-40(36,37)33-32(35)30(25-11-9-14-27(21-25)38-5)24-17-19-34(20-18-24)26-12-7-6-8-13-26/h6-16,21-24,30H,17-20H2,1-5H3,(H,33,35). The van der Waals surface area contributed by atoms with Crippen molar-refractivity contribution in [3.8, 4) is 11.5 Å². The highest BCUT2D eigenvalue weighted by atomic mass is 32.2. The monoisotopic (exact) mass is 564 g/mol. The van der Waals surface area contributed by atoms with Crippen molar-refractivity contribution in [2.24, 2.45) is 5.92 Å². The molecule has 0 bridgehead atoms. The van der Waals surface area contributed by atoms with Crippen LogP contribution in [0, 0.1) is 5.92 Å². The molecule has 3 aromatic rings. The highest BCUT2D eigenvalue weighted by molar-refractivity contribution is 7.85. The van der Waals surface area contributed by atoms with Gasteiger partial charge in [0, 0.05) is 18.8 Å². The number of nitrogens with zero attached hydrogens (tertiary/aromatic N) is 1. The fourth-order valence-corrected chi connectivity index (χ4v) is 6.33. The van der Waals surface area contributed by atoms with E-state index >= 15 is 0 Å². The molecule has 1 heterocycles. The van der Waals surface area contributed by atoms with Gasteiger partial charge in [0.05, 0.1) is 13.0 Å². The summed E-state index contributed by atoms with van der Waals surface area (Å²) < 4.78 is 40.0. The number of ether oxygens (including phenoxy) is 1. The summed E-state index contributed by atoms with van der Waals surface area (Å²) in [5.41, 5.74) is 3.42. The van der Waals surface area contributed by atoms with Gasteiger partial charge in [-0.15, -0.1) is 0 Å². The molecule has 1 amide bonds. The summed E-state index contributed by atoms with van der Waals surface area (Å²) in [5, 5.41) is 0. The van der Waals surface area contributed by atoms with E-state index in [-0.39, 0.29) is 17.8 Å². The quantitative estimate of drug-likeness (QED) is 0.308. The van der Waals surface area contributed by atoms with Crippen LogP contribution < -0.4 is 18.5 Å². The Morgan fingerprint density at radius 1 is 0.875 bits per heavy atom. The van der Waals surface area contributed by atoms with Crippen LogP contribution in [0.5, 0.6) is 11.5 Å². The van der Waals surface area contributed by atoms with E-state index in [1.54, 1.807) is 7.11 Å². The Labute approximate surface area is 238 Å². The lowest BCUT2D eigenvalue weighted by Crippen LogP contribution is -2.43. The highest BCUT2D eigenvalue weighted by Gasteiger charge is 2.36. The van der Waals surface area contributed by atoms with Crippen LogP contribution in [-0.2, 0) is 15.1 Å². The van der Waals surface area contributed by atoms with E-state index in [1.807, 2.05) is 88.4 Å². The Kier molecular flexibility index (Phi) is 9.40. The highest BCUT2D eigenvalue weighted by Crippen LogP contribution is 2.37. The van der Waals surface area contributed by atoms with Crippen molar-refractivity contribution in [3.05, 3.63) is 89.5 Å². The summed E-state index contributed by atoms with van der Waals surface area (Å²) in [4.78, 5) is 16.1. The third kappa shape index (κ3) is 6.97. The van der Waals surface area contributed by atoms with Gasteiger partial charge in [0.15, 0.2) is 5.75 Å². The molecule has 0 saturated carbocycles. The van der Waals surface area contributed by atoms with Crippen LogP contribution in [-0.4, -0.2) is 34.5 Å². The van der Waals surface area contributed by atoms with E-state index in [0.717, 1.165) is 48.3 Å². The van der Waals surface area contributed by atoms with Gasteiger partial charge in [-0.25, -0.2) is 4.72 Å². The Bertz CT molecular complexity index is 1370. The first-order chi connectivity index (χ1) is 19.1. The third-order valence-corrected chi connectivity index (χ3v) is 8.44. The average molecular weight is 565 g/mol. The van der Waals surface area contributed by atoms with Gasteiger partial charge >= 0.3 is 10.3 Å². The average Bonchev–Trinajstić information content (AvgIpc) is 2.93. The minimum Gasteiger partial charge on any atom is -0.497 e. The maximum atomic E-state index is 13.8. The predicted molar refractivity (Wildman–Crippen MR) is 159 cm³/mol. The number of carbonyl (C=O) groups excluding carboxylic acids is 1. The number of para-hydroxylation sites is 2. The molecule has 0 radical (unpaired) electrons. The lowest BCUT2D eigenvalue weighted by Gasteiger charge is -2.37. The van der Waals surface area contributed by atoms with Crippen LogP contribution in [0.4, 0.5) is 5.69 Å². The number of hydrogen-bond acceptors (Lipinski definition) is 6. The van der Waals surface area contributed by atoms with Gasteiger partial charge in [-0.05, 0) is 71.6 Å². The zero-order valence-electron chi connectivity index (χ0n) is 24.0. The SMILES string of the molecule is COc1cccc(C(C(=O)NS(=O)(=O)Oc2c(C(C)C)cccc2C(C)C)C2CCN(c3ccccc3)CC2)c1. The first-order valence-electron chi connectivity index (χ1n) is 13.9. The van der Waals surface area contributed by atoms with Crippen molar-refractivity contribution in [2.45, 2.75) is 58.3 Å². The number of carbonyl (C=O) groups is 1. The number of amides is 1. The Balaban J connectivity index is 1.60. The molecule has 1 saturated heterocycles. The van der Waals surface area contributed by atoms with Crippen LogP contribution in [0.3, 0.4) is 0 Å². The molecule has 214 valence electrons. The van der Waals surface area contributed by atoms with Gasteiger partial charge in [-0.2, -0.15) is 8.42 Å². The molecule has 3 aromatic carbocycles. The van der Waals surface area contributed by atoms with Gasteiger partial charge in [-0.3, -0.25) is 4.79 Å². The first-order valence-corrected chi connectivity index (χ1v) is 15.3. The number of hydrogen-bond donors (Lipinski definition) is 1. The number of rotatable bonds is 10. The minimum absolute atomic E-state index is 0.0407. The molecule has 4 rings (SSSR count). The molecular weight excluding hydrogens is 524 g/mol. The minimum atomic E-state index is -4.45. The fourth-order valence-electron chi connectivity index (χ4n) is 5.50. The molecule has 1 atom stereocenters. The summed E-state index contributed by atoms with van der Waals surface area (Å²) in [6.45, 7) is 9.48. The zero-order valence-corrected chi connectivity index (χ0v) is 24.8.